The molecule has 0 amide bonds. The Morgan fingerprint density at radius 3 is 2.23 bits per heavy atom. The molecule has 0 aromatic carbocycles. The molecule has 22 heavy (non-hydrogen) atoms. The summed E-state index contributed by atoms with van der Waals surface area (Å²) in [4.78, 5) is 4.53. The Hall–Kier alpha value is -1.35. The van der Waals surface area contributed by atoms with Crippen molar-refractivity contribution < 1.29 is 0 Å². The van der Waals surface area contributed by atoms with Crippen LogP contribution in [0.3, 0.4) is 0 Å². The fourth-order valence-corrected chi connectivity index (χ4v) is 2.33. The highest BCUT2D eigenvalue weighted by molar-refractivity contribution is 5.86. The Labute approximate surface area is 137 Å². The fraction of sp³-hybridized carbons (Fsp3) is 0.632. The third-order valence-corrected chi connectivity index (χ3v) is 4.03. The molecular weight excluding hydrogens is 270 g/mol. The van der Waals surface area contributed by atoms with Gasteiger partial charge < -0.3 is 5.32 Å². The molecule has 126 valence electrons. The van der Waals surface area contributed by atoms with Crippen molar-refractivity contribution in [2.45, 2.75) is 66.3 Å². The second-order valence-electron chi connectivity index (χ2n) is 5.67. The minimum absolute atomic E-state index is 0.581. The van der Waals surface area contributed by atoms with Crippen LogP contribution in [-0.4, -0.2) is 26.0 Å². The van der Waals surface area contributed by atoms with E-state index in [1.165, 1.54) is 31.3 Å². The molecule has 0 aliphatic heterocycles. The van der Waals surface area contributed by atoms with Crippen LogP contribution in [0.1, 0.15) is 60.3 Å². The molecule has 0 aromatic rings. The Morgan fingerprint density at radius 1 is 1.18 bits per heavy atom. The number of allylic oxidation sites excluding steroid dienone is 5. The second-order valence-corrected chi connectivity index (χ2v) is 5.67. The first-order valence-corrected chi connectivity index (χ1v) is 8.46. The van der Waals surface area contributed by atoms with Crippen LogP contribution >= 0.6 is 0 Å². The number of hydrogen-bond acceptors (Lipinski definition) is 3. The lowest BCUT2D eigenvalue weighted by Crippen LogP contribution is -2.29. The highest BCUT2D eigenvalue weighted by Crippen LogP contribution is 2.18. The summed E-state index contributed by atoms with van der Waals surface area (Å²) in [5.74, 6) is 0. The van der Waals surface area contributed by atoms with Gasteiger partial charge >= 0.3 is 0 Å². The van der Waals surface area contributed by atoms with E-state index in [1.54, 1.807) is 0 Å². The van der Waals surface area contributed by atoms with Crippen LogP contribution in [0.5, 0.6) is 0 Å². The van der Waals surface area contributed by atoms with E-state index in [0.717, 1.165) is 16.8 Å². The molecule has 0 heterocycles. The second kappa shape index (κ2) is 12.2. The third-order valence-electron chi connectivity index (χ3n) is 4.03. The highest BCUT2D eigenvalue weighted by Gasteiger charge is 2.06. The van der Waals surface area contributed by atoms with Gasteiger partial charge in [-0.1, -0.05) is 39.3 Å². The smallest absolute Gasteiger partial charge is 0.0886 e. The SMILES string of the molecule is C=C(C(/C=N\CNC(CCC)CCC)=C/C)/C(C)=C(\C)NC. The Balaban J connectivity index is 4.60. The quantitative estimate of drug-likeness (QED) is 0.433. The monoisotopic (exact) mass is 305 g/mol. The lowest BCUT2D eigenvalue weighted by Gasteiger charge is -2.15. The minimum Gasteiger partial charge on any atom is -0.391 e. The molecule has 3 nitrogen and oxygen atoms in total. The van der Waals surface area contributed by atoms with Gasteiger partial charge in [-0.25, -0.2) is 0 Å². The zero-order valence-electron chi connectivity index (χ0n) is 15.4. The largest absolute Gasteiger partial charge is 0.391 e. The molecule has 0 aliphatic carbocycles. The topological polar surface area (TPSA) is 36.4 Å². The van der Waals surface area contributed by atoms with Gasteiger partial charge in [-0.15, -0.1) is 0 Å². The van der Waals surface area contributed by atoms with Gasteiger partial charge in [0, 0.05) is 25.0 Å². The normalized spacial score (nSPS) is 13.7. The molecule has 0 atom stereocenters. The predicted molar refractivity (Wildman–Crippen MR) is 100 cm³/mol. The molecule has 3 heteroatoms. The average Bonchev–Trinajstić information content (AvgIpc) is 2.53. The van der Waals surface area contributed by atoms with E-state index in [2.05, 4.69) is 56.0 Å². The first-order valence-electron chi connectivity index (χ1n) is 8.46. The summed E-state index contributed by atoms with van der Waals surface area (Å²) >= 11 is 0. The summed E-state index contributed by atoms with van der Waals surface area (Å²) in [7, 11) is 1.93. The van der Waals surface area contributed by atoms with Crippen LogP contribution in [0, 0.1) is 0 Å². The van der Waals surface area contributed by atoms with Crippen molar-refractivity contribution in [3.05, 3.63) is 35.1 Å². The van der Waals surface area contributed by atoms with Gasteiger partial charge in [0.1, 0.15) is 0 Å². The molecule has 0 saturated carbocycles. The van der Waals surface area contributed by atoms with Gasteiger partial charge in [0.05, 0.1) is 6.67 Å². The number of nitrogens with zero attached hydrogens (tertiary/aromatic N) is 1. The van der Waals surface area contributed by atoms with Crippen molar-refractivity contribution in [2.24, 2.45) is 4.99 Å². The molecule has 0 bridgehead atoms. The third kappa shape index (κ3) is 7.60. The van der Waals surface area contributed by atoms with Crippen LogP contribution < -0.4 is 10.6 Å². The summed E-state index contributed by atoms with van der Waals surface area (Å²) in [6.07, 6.45) is 8.85. The molecule has 0 saturated heterocycles. The highest BCUT2D eigenvalue weighted by atomic mass is 15.0. The van der Waals surface area contributed by atoms with Crippen molar-refractivity contribution in [3.8, 4) is 0 Å². The van der Waals surface area contributed by atoms with E-state index >= 15 is 0 Å². The summed E-state index contributed by atoms with van der Waals surface area (Å²) < 4.78 is 0. The van der Waals surface area contributed by atoms with Crippen LogP contribution in [0.4, 0.5) is 0 Å². The summed E-state index contributed by atoms with van der Waals surface area (Å²) in [5.41, 5.74) is 4.42. The van der Waals surface area contributed by atoms with Crippen LogP contribution in [0.25, 0.3) is 0 Å². The van der Waals surface area contributed by atoms with Gasteiger partial charge in [0.25, 0.3) is 0 Å². The van der Waals surface area contributed by atoms with Crippen LogP contribution in [0.15, 0.2) is 40.1 Å². The minimum atomic E-state index is 0.581. The summed E-state index contributed by atoms with van der Waals surface area (Å²) in [6.45, 7) is 15.5. The van der Waals surface area contributed by atoms with E-state index < -0.39 is 0 Å². The molecule has 0 aromatic heterocycles. The lowest BCUT2D eigenvalue weighted by atomic mass is 10.00. The number of hydrogen-bond donors (Lipinski definition) is 2. The van der Waals surface area contributed by atoms with Crippen molar-refractivity contribution in [1.29, 1.82) is 0 Å². The van der Waals surface area contributed by atoms with Crippen molar-refractivity contribution in [1.82, 2.24) is 10.6 Å². The molecule has 0 aliphatic rings. The van der Waals surface area contributed by atoms with Crippen molar-refractivity contribution >= 4 is 6.21 Å². The first kappa shape index (κ1) is 20.6. The molecule has 0 unspecified atom stereocenters. The fourth-order valence-electron chi connectivity index (χ4n) is 2.33. The molecule has 0 fully saturated rings. The maximum Gasteiger partial charge on any atom is 0.0886 e. The average molecular weight is 306 g/mol. The standard InChI is InChI=1S/C19H35N3/c1-8-11-19(12-9-2)22-14-21-13-18(10-3)16(5)15(4)17(6)20-7/h10,13,19-20,22H,5,8-9,11-12,14H2,1-4,6-7H3/b17-15+,18-10+,21-13-. The summed E-state index contributed by atoms with van der Waals surface area (Å²) in [6, 6.07) is 0.581. The number of rotatable bonds is 11. The molecule has 0 spiro atoms. The van der Waals surface area contributed by atoms with E-state index in [0.29, 0.717) is 12.7 Å². The van der Waals surface area contributed by atoms with Gasteiger partial charge in [-0.05, 0) is 50.3 Å². The zero-order chi connectivity index (χ0) is 17.0. The Morgan fingerprint density at radius 2 is 1.77 bits per heavy atom. The van der Waals surface area contributed by atoms with Crippen molar-refractivity contribution in [3.63, 3.8) is 0 Å². The van der Waals surface area contributed by atoms with Crippen LogP contribution in [0.2, 0.25) is 0 Å². The number of aliphatic imine (C=N–C) groups is 1. The molecular formula is C19H35N3. The van der Waals surface area contributed by atoms with E-state index in [9.17, 15) is 0 Å². The van der Waals surface area contributed by atoms with E-state index in [4.69, 9.17) is 0 Å². The molecule has 0 radical (unpaired) electrons. The first-order chi connectivity index (χ1) is 10.5. The van der Waals surface area contributed by atoms with Gasteiger partial charge in [0.15, 0.2) is 0 Å². The Kier molecular flexibility index (Phi) is 11.5. The van der Waals surface area contributed by atoms with Crippen molar-refractivity contribution in [2.75, 3.05) is 13.7 Å². The molecule has 0 rings (SSSR count). The van der Waals surface area contributed by atoms with Gasteiger partial charge in [0.2, 0.25) is 0 Å². The zero-order valence-corrected chi connectivity index (χ0v) is 15.4. The molecule has 2 N–H and O–H groups in total. The van der Waals surface area contributed by atoms with E-state index in [-0.39, 0.29) is 0 Å². The van der Waals surface area contributed by atoms with E-state index in [1.807, 2.05) is 20.2 Å². The maximum atomic E-state index is 4.53. The predicted octanol–water partition coefficient (Wildman–Crippen LogP) is 4.59. The maximum absolute atomic E-state index is 4.53. The number of nitrogens with one attached hydrogen (secondary N) is 2. The summed E-state index contributed by atoms with van der Waals surface area (Å²) in [5, 5.41) is 6.69. The Bertz CT molecular complexity index is 410. The lowest BCUT2D eigenvalue weighted by molar-refractivity contribution is 0.452. The van der Waals surface area contributed by atoms with Gasteiger partial charge in [-0.2, -0.15) is 0 Å². The van der Waals surface area contributed by atoms with Gasteiger partial charge in [-0.3, -0.25) is 10.3 Å². The van der Waals surface area contributed by atoms with Crippen LogP contribution in [-0.2, 0) is 0 Å².